The van der Waals surface area contributed by atoms with E-state index in [0.29, 0.717) is 34.2 Å². The fourth-order valence-corrected chi connectivity index (χ4v) is 2.83. The van der Waals surface area contributed by atoms with Crippen molar-refractivity contribution in [2.45, 2.75) is 6.92 Å². The Morgan fingerprint density at radius 1 is 0.759 bits per heavy atom. The van der Waals surface area contributed by atoms with Crippen molar-refractivity contribution in [2.75, 3.05) is 26.6 Å². The van der Waals surface area contributed by atoms with Gasteiger partial charge in [-0.3, -0.25) is 4.79 Å². The summed E-state index contributed by atoms with van der Waals surface area (Å²) >= 11 is 0. The van der Waals surface area contributed by atoms with Crippen molar-refractivity contribution in [3.05, 3.63) is 71.8 Å². The van der Waals surface area contributed by atoms with E-state index in [9.17, 15) is 4.79 Å². The highest BCUT2D eigenvalue weighted by Gasteiger charge is 2.18. The molecule has 0 radical (unpaired) electrons. The van der Waals surface area contributed by atoms with E-state index in [4.69, 9.17) is 18.9 Å². The van der Waals surface area contributed by atoms with Crippen LogP contribution in [0.2, 0.25) is 0 Å². The van der Waals surface area contributed by atoms with Crippen LogP contribution < -0.4 is 24.3 Å². The van der Waals surface area contributed by atoms with Gasteiger partial charge in [-0.15, -0.1) is 0 Å². The van der Waals surface area contributed by atoms with Crippen LogP contribution in [0.3, 0.4) is 0 Å². The highest BCUT2D eigenvalue weighted by molar-refractivity contribution is 6.06. The largest absolute Gasteiger partial charge is 0.496 e. The molecule has 29 heavy (non-hydrogen) atoms. The number of anilines is 1. The van der Waals surface area contributed by atoms with Crippen LogP contribution in [0.25, 0.3) is 0 Å². The van der Waals surface area contributed by atoms with Gasteiger partial charge in [-0.2, -0.15) is 0 Å². The summed E-state index contributed by atoms with van der Waals surface area (Å²) in [7, 11) is 4.53. The monoisotopic (exact) mass is 393 g/mol. The molecule has 0 fully saturated rings. The number of aryl methyl sites for hydroxylation is 1. The summed E-state index contributed by atoms with van der Waals surface area (Å²) in [5.74, 6) is 2.43. The van der Waals surface area contributed by atoms with Crippen molar-refractivity contribution in [1.82, 2.24) is 0 Å². The Morgan fingerprint density at radius 3 is 2.03 bits per heavy atom. The fraction of sp³-hybridized carbons (Fsp3) is 0.174. The lowest BCUT2D eigenvalue weighted by Crippen LogP contribution is -2.13. The first kappa shape index (κ1) is 20.1. The lowest BCUT2D eigenvalue weighted by Gasteiger charge is -2.14. The van der Waals surface area contributed by atoms with Crippen molar-refractivity contribution in [2.24, 2.45) is 0 Å². The smallest absolute Gasteiger partial charge is 0.259 e. The maximum atomic E-state index is 12.8. The molecular formula is C23H23NO5. The number of carbonyl (C=O) groups excluding carboxylic acids is 1. The van der Waals surface area contributed by atoms with E-state index in [1.165, 1.54) is 21.3 Å². The Kier molecular flexibility index (Phi) is 6.24. The zero-order valence-corrected chi connectivity index (χ0v) is 16.8. The van der Waals surface area contributed by atoms with Crippen molar-refractivity contribution in [1.29, 1.82) is 0 Å². The number of rotatable bonds is 7. The standard InChI is InChI=1S/C23H23NO5/c1-15-6-5-7-18(12-15)29-17-10-8-16(9-11-17)24-23(25)19-13-21(27-3)22(28-4)14-20(19)26-2/h5-14H,1-4H3,(H,24,25). The molecule has 3 aromatic carbocycles. The SMILES string of the molecule is COc1cc(OC)c(C(=O)Nc2ccc(Oc3cccc(C)c3)cc2)cc1OC. The first-order valence-electron chi connectivity index (χ1n) is 9.00. The molecule has 0 aliphatic rings. The van der Waals surface area contributed by atoms with Gasteiger partial charge in [-0.1, -0.05) is 12.1 Å². The average molecular weight is 393 g/mol. The highest BCUT2D eigenvalue weighted by atomic mass is 16.5. The second kappa shape index (κ2) is 9.01. The van der Waals surface area contributed by atoms with E-state index >= 15 is 0 Å². The van der Waals surface area contributed by atoms with E-state index in [1.807, 2.05) is 31.2 Å². The normalized spacial score (nSPS) is 10.2. The third kappa shape index (κ3) is 4.79. The number of methoxy groups -OCH3 is 3. The van der Waals surface area contributed by atoms with Crippen molar-refractivity contribution in [3.63, 3.8) is 0 Å². The van der Waals surface area contributed by atoms with E-state index in [2.05, 4.69) is 5.32 Å². The van der Waals surface area contributed by atoms with Gasteiger partial charge in [0.2, 0.25) is 0 Å². The summed E-state index contributed by atoms with van der Waals surface area (Å²) in [6, 6.07) is 18.1. The van der Waals surface area contributed by atoms with Crippen molar-refractivity contribution >= 4 is 11.6 Å². The van der Waals surface area contributed by atoms with Crippen molar-refractivity contribution < 1.29 is 23.7 Å². The summed E-state index contributed by atoms with van der Waals surface area (Å²) in [5, 5.41) is 2.85. The minimum Gasteiger partial charge on any atom is -0.496 e. The summed E-state index contributed by atoms with van der Waals surface area (Å²) in [6.07, 6.45) is 0. The number of amides is 1. The van der Waals surface area contributed by atoms with Gasteiger partial charge in [0.1, 0.15) is 17.2 Å². The number of carbonyl (C=O) groups is 1. The molecule has 0 saturated carbocycles. The summed E-state index contributed by atoms with van der Waals surface area (Å²) in [6.45, 7) is 2.01. The Bertz CT molecular complexity index is 999. The molecule has 3 aromatic rings. The second-order valence-electron chi connectivity index (χ2n) is 6.30. The molecule has 0 saturated heterocycles. The average Bonchev–Trinajstić information content (AvgIpc) is 2.74. The Labute approximate surface area is 170 Å². The fourth-order valence-electron chi connectivity index (χ4n) is 2.83. The third-order valence-corrected chi connectivity index (χ3v) is 4.29. The predicted octanol–water partition coefficient (Wildman–Crippen LogP) is 5.07. The maximum absolute atomic E-state index is 12.8. The zero-order chi connectivity index (χ0) is 20.8. The Balaban J connectivity index is 1.75. The van der Waals surface area contributed by atoms with Crippen LogP contribution in [0.15, 0.2) is 60.7 Å². The minimum atomic E-state index is -0.324. The molecule has 0 spiro atoms. The third-order valence-electron chi connectivity index (χ3n) is 4.29. The number of ether oxygens (including phenoxy) is 4. The van der Waals surface area contributed by atoms with E-state index in [-0.39, 0.29) is 5.91 Å². The molecular weight excluding hydrogens is 370 g/mol. The number of hydrogen-bond donors (Lipinski definition) is 1. The zero-order valence-electron chi connectivity index (χ0n) is 16.8. The molecule has 6 nitrogen and oxygen atoms in total. The lowest BCUT2D eigenvalue weighted by atomic mass is 10.1. The summed E-state index contributed by atoms with van der Waals surface area (Å²) < 4.78 is 21.7. The van der Waals surface area contributed by atoms with Gasteiger partial charge >= 0.3 is 0 Å². The molecule has 0 bridgehead atoms. The highest BCUT2D eigenvalue weighted by Crippen LogP contribution is 2.35. The van der Waals surface area contributed by atoms with Crippen LogP contribution in [-0.2, 0) is 0 Å². The molecule has 6 heteroatoms. The lowest BCUT2D eigenvalue weighted by molar-refractivity contribution is 0.102. The molecule has 150 valence electrons. The van der Waals surface area contributed by atoms with Gasteiger partial charge < -0.3 is 24.3 Å². The van der Waals surface area contributed by atoms with Gasteiger partial charge in [0, 0.05) is 17.8 Å². The van der Waals surface area contributed by atoms with Crippen LogP contribution in [0.4, 0.5) is 5.69 Å². The van der Waals surface area contributed by atoms with E-state index < -0.39 is 0 Å². The van der Waals surface area contributed by atoms with Gasteiger partial charge in [-0.25, -0.2) is 0 Å². The molecule has 0 aliphatic heterocycles. The van der Waals surface area contributed by atoms with E-state index in [1.54, 1.807) is 36.4 Å². The molecule has 0 aromatic heterocycles. The summed E-state index contributed by atoms with van der Waals surface area (Å²) in [4.78, 5) is 12.8. The van der Waals surface area contributed by atoms with Crippen LogP contribution >= 0.6 is 0 Å². The molecule has 0 aliphatic carbocycles. The topological polar surface area (TPSA) is 66.0 Å². The Hall–Kier alpha value is -3.67. The molecule has 0 heterocycles. The van der Waals surface area contributed by atoms with Gasteiger partial charge in [0.15, 0.2) is 11.5 Å². The molecule has 3 rings (SSSR count). The van der Waals surface area contributed by atoms with Crippen LogP contribution in [0, 0.1) is 6.92 Å². The van der Waals surface area contributed by atoms with Gasteiger partial charge in [-0.05, 0) is 48.9 Å². The van der Waals surface area contributed by atoms with Crippen LogP contribution in [-0.4, -0.2) is 27.2 Å². The van der Waals surface area contributed by atoms with E-state index in [0.717, 1.165) is 11.3 Å². The molecule has 0 unspecified atom stereocenters. The molecule has 1 N–H and O–H groups in total. The Morgan fingerprint density at radius 2 is 1.41 bits per heavy atom. The number of hydrogen-bond acceptors (Lipinski definition) is 5. The number of nitrogens with one attached hydrogen (secondary N) is 1. The maximum Gasteiger partial charge on any atom is 0.259 e. The minimum absolute atomic E-state index is 0.324. The number of benzene rings is 3. The predicted molar refractivity (Wildman–Crippen MR) is 112 cm³/mol. The first-order valence-corrected chi connectivity index (χ1v) is 9.00. The first-order chi connectivity index (χ1) is 14.0. The summed E-state index contributed by atoms with van der Waals surface area (Å²) in [5.41, 5.74) is 2.09. The molecule has 0 atom stereocenters. The second-order valence-corrected chi connectivity index (χ2v) is 6.30. The van der Waals surface area contributed by atoms with Crippen molar-refractivity contribution in [3.8, 4) is 28.7 Å². The van der Waals surface area contributed by atoms with Crippen LogP contribution in [0.1, 0.15) is 15.9 Å². The molecule has 1 amide bonds. The van der Waals surface area contributed by atoms with Gasteiger partial charge in [0.25, 0.3) is 5.91 Å². The van der Waals surface area contributed by atoms with Gasteiger partial charge in [0.05, 0.1) is 26.9 Å². The quantitative estimate of drug-likeness (QED) is 0.607. The van der Waals surface area contributed by atoms with Crippen LogP contribution in [0.5, 0.6) is 28.7 Å².